The molecule has 1 atom stereocenters. The summed E-state index contributed by atoms with van der Waals surface area (Å²) in [5.74, 6) is 0.519. The quantitative estimate of drug-likeness (QED) is 0.669. The standard InChI is InChI=1S/C24H27N5O2/c30-22(25-18-10-4-5-11-18)20(16-17-8-2-1-3-9-17)27-24(31)29-15-14-28-21-13-7-6-12-19(21)26-23(28)29/h1-3,6-9,12-13,18,20H,4-5,10-11,14-16H2,(H,25,30)(H,27,31). The lowest BCUT2D eigenvalue weighted by Crippen LogP contribution is -2.53. The van der Waals surface area contributed by atoms with E-state index in [-0.39, 0.29) is 18.0 Å². The van der Waals surface area contributed by atoms with Crippen molar-refractivity contribution in [3.63, 3.8) is 0 Å². The third kappa shape index (κ3) is 4.00. The maximum Gasteiger partial charge on any atom is 0.324 e. The fourth-order valence-electron chi connectivity index (χ4n) is 4.64. The van der Waals surface area contributed by atoms with Gasteiger partial charge in [-0.05, 0) is 30.5 Å². The Labute approximate surface area is 181 Å². The normalized spacial score (nSPS) is 17.0. The van der Waals surface area contributed by atoms with Crippen molar-refractivity contribution in [1.29, 1.82) is 0 Å². The average Bonchev–Trinajstić information content (AvgIpc) is 3.51. The minimum Gasteiger partial charge on any atom is -0.352 e. The molecule has 2 aliphatic rings. The Hall–Kier alpha value is -3.35. The van der Waals surface area contributed by atoms with E-state index < -0.39 is 6.04 Å². The molecule has 1 saturated carbocycles. The van der Waals surface area contributed by atoms with E-state index >= 15 is 0 Å². The number of nitrogens with zero attached hydrogens (tertiary/aromatic N) is 3. The Bertz CT molecular complexity index is 1090. The van der Waals surface area contributed by atoms with Crippen molar-refractivity contribution < 1.29 is 9.59 Å². The van der Waals surface area contributed by atoms with Crippen LogP contribution in [0.1, 0.15) is 31.2 Å². The summed E-state index contributed by atoms with van der Waals surface area (Å²) < 4.78 is 2.06. The minimum absolute atomic E-state index is 0.114. The Morgan fingerprint density at radius 1 is 1.00 bits per heavy atom. The van der Waals surface area contributed by atoms with Gasteiger partial charge in [-0.25, -0.2) is 9.78 Å². The summed E-state index contributed by atoms with van der Waals surface area (Å²) in [7, 11) is 0. The Kier molecular flexibility index (Phi) is 5.32. The van der Waals surface area contributed by atoms with Crippen LogP contribution < -0.4 is 15.5 Å². The second kappa shape index (κ2) is 8.41. The van der Waals surface area contributed by atoms with E-state index in [2.05, 4.69) is 20.2 Å². The van der Waals surface area contributed by atoms with E-state index in [1.54, 1.807) is 4.90 Å². The SMILES string of the molecule is O=C(NC1CCCC1)C(Cc1ccccc1)NC(=O)N1CCn2c1nc1ccccc12. The van der Waals surface area contributed by atoms with Crippen LogP contribution in [0.15, 0.2) is 54.6 Å². The second-order valence-corrected chi connectivity index (χ2v) is 8.39. The van der Waals surface area contributed by atoms with Crippen LogP contribution in [0.25, 0.3) is 11.0 Å². The maximum atomic E-state index is 13.2. The van der Waals surface area contributed by atoms with Gasteiger partial charge >= 0.3 is 6.03 Å². The van der Waals surface area contributed by atoms with Crippen molar-refractivity contribution in [3.8, 4) is 0 Å². The fraction of sp³-hybridized carbons (Fsp3) is 0.375. The second-order valence-electron chi connectivity index (χ2n) is 8.39. The number of urea groups is 1. The molecule has 1 fully saturated rings. The highest BCUT2D eigenvalue weighted by Crippen LogP contribution is 2.27. The predicted octanol–water partition coefficient (Wildman–Crippen LogP) is 3.24. The number of carbonyl (C=O) groups is 2. The van der Waals surface area contributed by atoms with E-state index in [1.165, 1.54) is 0 Å². The minimum atomic E-state index is -0.631. The number of carbonyl (C=O) groups excluding carboxylic acids is 2. The largest absolute Gasteiger partial charge is 0.352 e. The molecule has 7 nitrogen and oxygen atoms in total. The molecule has 3 amide bonds. The number of anilines is 1. The highest BCUT2D eigenvalue weighted by Gasteiger charge is 2.32. The molecule has 5 rings (SSSR count). The molecule has 0 saturated heterocycles. The van der Waals surface area contributed by atoms with E-state index in [9.17, 15) is 9.59 Å². The number of hydrogen-bond acceptors (Lipinski definition) is 3. The van der Waals surface area contributed by atoms with Crippen molar-refractivity contribution in [2.75, 3.05) is 11.4 Å². The molecule has 160 valence electrons. The molecule has 2 aromatic carbocycles. The van der Waals surface area contributed by atoms with Crippen molar-refractivity contribution in [1.82, 2.24) is 20.2 Å². The summed E-state index contributed by atoms with van der Waals surface area (Å²) in [6, 6.07) is 17.0. The van der Waals surface area contributed by atoms with Crippen LogP contribution in [-0.2, 0) is 17.8 Å². The lowest BCUT2D eigenvalue weighted by atomic mass is 10.0. The van der Waals surface area contributed by atoms with Gasteiger partial charge in [-0.2, -0.15) is 0 Å². The highest BCUT2D eigenvalue weighted by molar-refractivity contribution is 5.96. The van der Waals surface area contributed by atoms with Crippen molar-refractivity contribution in [3.05, 3.63) is 60.2 Å². The third-order valence-electron chi connectivity index (χ3n) is 6.27. The molecular formula is C24H27N5O2. The van der Waals surface area contributed by atoms with Gasteiger partial charge in [0.2, 0.25) is 11.9 Å². The number of rotatable bonds is 5. The first-order valence-electron chi connectivity index (χ1n) is 11.1. The number of fused-ring (bicyclic) bond motifs is 3. The first-order chi connectivity index (χ1) is 15.2. The first-order valence-corrected chi connectivity index (χ1v) is 11.1. The molecule has 3 aromatic rings. The summed E-state index contributed by atoms with van der Waals surface area (Å²) in [5, 5.41) is 6.13. The number of amides is 3. The number of para-hydroxylation sites is 2. The average molecular weight is 418 g/mol. The van der Waals surface area contributed by atoms with Crippen molar-refractivity contribution in [2.45, 2.75) is 50.7 Å². The van der Waals surface area contributed by atoms with Crippen LogP contribution in [0.3, 0.4) is 0 Å². The molecular weight excluding hydrogens is 390 g/mol. The molecule has 7 heteroatoms. The van der Waals surface area contributed by atoms with Crippen molar-refractivity contribution >= 4 is 28.9 Å². The monoisotopic (exact) mass is 417 g/mol. The van der Waals surface area contributed by atoms with Gasteiger partial charge in [0.25, 0.3) is 0 Å². The summed E-state index contributed by atoms with van der Waals surface area (Å²) in [6.45, 7) is 1.24. The Morgan fingerprint density at radius 2 is 1.74 bits per heavy atom. The molecule has 1 aliphatic heterocycles. The Morgan fingerprint density at radius 3 is 2.55 bits per heavy atom. The molecule has 1 aliphatic carbocycles. The fourth-order valence-corrected chi connectivity index (χ4v) is 4.64. The highest BCUT2D eigenvalue weighted by atomic mass is 16.2. The van der Waals surface area contributed by atoms with E-state index in [0.29, 0.717) is 25.5 Å². The van der Waals surface area contributed by atoms with E-state index in [4.69, 9.17) is 0 Å². The topological polar surface area (TPSA) is 79.3 Å². The Balaban J connectivity index is 1.35. The van der Waals surface area contributed by atoms with Gasteiger partial charge < -0.3 is 15.2 Å². The van der Waals surface area contributed by atoms with Crippen LogP contribution in [-0.4, -0.2) is 40.1 Å². The molecule has 1 aromatic heterocycles. The number of benzene rings is 2. The molecule has 2 N–H and O–H groups in total. The van der Waals surface area contributed by atoms with Crippen LogP contribution >= 0.6 is 0 Å². The smallest absolute Gasteiger partial charge is 0.324 e. The van der Waals surface area contributed by atoms with Crippen LogP contribution in [0, 0.1) is 0 Å². The molecule has 0 spiro atoms. The third-order valence-corrected chi connectivity index (χ3v) is 6.27. The summed E-state index contributed by atoms with van der Waals surface area (Å²) >= 11 is 0. The summed E-state index contributed by atoms with van der Waals surface area (Å²) in [6.07, 6.45) is 4.76. The lowest BCUT2D eigenvalue weighted by molar-refractivity contribution is -0.123. The van der Waals surface area contributed by atoms with Gasteiger partial charge in [0, 0.05) is 25.6 Å². The van der Waals surface area contributed by atoms with Gasteiger partial charge in [0.05, 0.1) is 11.0 Å². The van der Waals surface area contributed by atoms with Crippen LogP contribution in [0.4, 0.5) is 10.7 Å². The number of hydrogen-bond donors (Lipinski definition) is 2. The van der Waals surface area contributed by atoms with E-state index in [1.807, 2.05) is 54.6 Å². The summed E-state index contributed by atoms with van der Waals surface area (Å²) in [5.41, 5.74) is 2.91. The first kappa shape index (κ1) is 19.6. The zero-order chi connectivity index (χ0) is 21.2. The van der Waals surface area contributed by atoms with Crippen LogP contribution in [0.5, 0.6) is 0 Å². The zero-order valence-corrected chi connectivity index (χ0v) is 17.5. The number of nitrogens with one attached hydrogen (secondary N) is 2. The van der Waals surface area contributed by atoms with Crippen molar-refractivity contribution in [2.24, 2.45) is 0 Å². The molecule has 31 heavy (non-hydrogen) atoms. The van der Waals surface area contributed by atoms with Gasteiger partial charge in [0.15, 0.2) is 0 Å². The van der Waals surface area contributed by atoms with Gasteiger partial charge in [0.1, 0.15) is 6.04 Å². The summed E-state index contributed by atoms with van der Waals surface area (Å²) in [4.78, 5) is 32.6. The van der Waals surface area contributed by atoms with E-state index in [0.717, 1.165) is 42.3 Å². The molecule has 2 heterocycles. The number of imidazole rings is 1. The predicted molar refractivity (Wildman–Crippen MR) is 120 cm³/mol. The molecule has 0 radical (unpaired) electrons. The molecule has 1 unspecified atom stereocenters. The lowest BCUT2D eigenvalue weighted by Gasteiger charge is -2.23. The van der Waals surface area contributed by atoms with Gasteiger partial charge in [-0.1, -0.05) is 55.3 Å². The maximum absolute atomic E-state index is 13.2. The van der Waals surface area contributed by atoms with Gasteiger partial charge in [-0.3, -0.25) is 9.69 Å². The zero-order valence-electron chi connectivity index (χ0n) is 17.5. The number of aromatic nitrogens is 2. The molecule has 0 bridgehead atoms. The van der Waals surface area contributed by atoms with Gasteiger partial charge in [-0.15, -0.1) is 0 Å². The van der Waals surface area contributed by atoms with Crippen LogP contribution in [0.2, 0.25) is 0 Å².